The predicted octanol–water partition coefficient (Wildman–Crippen LogP) is 5.08. The second-order valence-corrected chi connectivity index (χ2v) is 5.64. The lowest BCUT2D eigenvalue weighted by Crippen LogP contribution is -1.88. The van der Waals surface area contributed by atoms with Gasteiger partial charge in [-0.1, -0.05) is 50.3 Å². The highest BCUT2D eigenvalue weighted by Crippen LogP contribution is 2.12. The molecule has 0 atom stereocenters. The number of hydrogen-bond donors (Lipinski definition) is 0. The van der Waals surface area contributed by atoms with Crippen LogP contribution in [-0.4, -0.2) is 5.78 Å². The maximum atomic E-state index is 10.8. The lowest BCUT2D eigenvalue weighted by molar-refractivity contribution is -0.116. The Balaban J connectivity index is 3.88. The average molecular weight is 260 g/mol. The quantitative estimate of drug-likeness (QED) is 0.439. The summed E-state index contributed by atoms with van der Waals surface area (Å²) in [6.07, 6.45) is 7.79. The van der Waals surface area contributed by atoms with E-state index in [0.29, 0.717) is 6.42 Å². The molecule has 0 saturated carbocycles. The molecular weight excluding hydrogens is 232 g/mol. The van der Waals surface area contributed by atoms with Crippen molar-refractivity contribution in [3.8, 4) is 11.8 Å². The van der Waals surface area contributed by atoms with Crippen LogP contribution >= 0.6 is 0 Å². The zero-order valence-corrected chi connectivity index (χ0v) is 13.0. The molecule has 0 bridgehead atoms. The molecule has 0 saturated heterocycles. The molecule has 0 aromatic rings. The minimum atomic E-state index is 0.232. The number of Topliss-reactive ketones (excluding diaryl/α,β-unsaturated/α-hetero) is 1. The minimum absolute atomic E-state index is 0.232. The molecule has 19 heavy (non-hydrogen) atoms. The summed E-state index contributed by atoms with van der Waals surface area (Å²) in [6, 6.07) is 0. The van der Waals surface area contributed by atoms with E-state index in [4.69, 9.17) is 0 Å². The Morgan fingerprint density at radius 1 is 1.26 bits per heavy atom. The predicted molar refractivity (Wildman–Crippen MR) is 83.9 cm³/mol. The number of allylic oxidation sites excluding steroid dienone is 3. The molecule has 106 valence electrons. The zero-order valence-electron chi connectivity index (χ0n) is 13.0. The summed E-state index contributed by atoms with van der Waals surface area (Å²) in [7, 11) is 0. The van der Waals surface area contributed by atoms with Crippen molar-refractivity contribution in [2.45, 2.75) is 66.2 Å². The first-order chi connectivity index (χ1) is 8.91. The first-order valence-electron chi connectivity index (χ1n) is 7.23. The van der Waals surface area contributed by atoms with Crippen LogP contribution in [0.5, 0.6) is 0 Å². The Hall–Kier alpha value is -1.29. The minimum Gasteiger partial charge on any atom is -0.300 e. The van der Waals surface area contributed by atoms with Gasteiger partial charge >= 0.3 is 0 Å². The average Bonchev–Trinajstić information content (AvgIpc) is 2.27. The van der Waals surface area contributed by atoms with E-state index in [9.17, 15) is 4.79 Å². The van der Waals surface area contributed by atoms with Gasteiger partial charge in [0, 0.05) is 12.8 Å². The molecular formula is C18H28O. The Morgan fingerprint density at radius 2 is 1.95 bits per heavy atom. The standard InChI is InChI=1S/C18H28O/c1-15(2)9-6-10-16(3)11-7-12-17(4)13-8-14-18(5)19/h13,15H,3,6,8-11,14H2,1-2,4-5H3/b17-13+. The van der Waals surface area contributed by atoms with Crippen LogP contribution < -0.4 is 0 Å². The number of carbonyl (C=O) groups is 1. The van der Waals surface area contributed by atoms with Crippen molar-refractivity contribution < 1.29 is 4.79 Å². The third kappa shape index (κ3) is 12.9. The summed E-state index contributed by atoms with van der Waals surface area (Å²) in [6.45, 7) is 12.2. The highest BCUT2D eigenvalue weighted by atomic mass is 16.1. The van der Waals surface area contributed by atoms with Gasteiger partial charge in [0.15, 0.2) is 0 Å². The van der Waals surface area contributed by atoms with Crippen molar-refractivity contribution >= 4 is 5.78 Å². The molecule has 0 spiro atoms. The molecule has 0 unspecified atom stereocenters. The summed E-state index contributed by atoms with van der Waals surface area (Å²) in [5.41, 5.74) is 2.28. The SMILES string of the molecule is C=C(CC#C/C(C)=C/CCC(C)=O)CCCC(C)C. The van der Waals surface area contributed by atoms with Crippen molar-refractivity contribution in [1.29, 1.82) is 0 Å². The molecule has 0 radical (unpaired) electrons. The third-order valence-corrected chi connectivity index (χ3v) is 2.88. The normalized spacial score (nSPS) is 11.1. The van der Waals surface area contributed by atoms with Crippen molar-refractivity contribution in [3.63, 3.8) is 0 Å². The molecule has 0 aromatic carbocycles. The molecule has 0 aliphatic carbocycles. The number of rotatable bonds is 8. The molecule has 0 aliphatic heterocycles. The first kappa shape index (κ1) is 17.7. The Morgan fingerprint density at radius 3 is 2.53 bits per heavy atom. The topological polar surface area (TPSA) is 17.1 Å². The van der Waals surface area contributed by atoms with Gasteiger partial charge in [0.1, 0.15) is 5.78 Å². The van der Waals surface area contributed by atoms with Gasteiger partial charge in [0.25, 0.3) is 0 Å². The van der Waals surface area contributed by atoms with Gasteiger partial charge in [-0.3, -0.25) is 0 Å². The van der Waals surface area contributed by atoms with E-state index in [1.54, 1.807) is 6.92 Å². The van der Waals surface area contributed by atoms with Gasteiger partial charge in [-0.15, -0.1) is 0 Å². The molecule has 1 nitrogen and oxygen atoms in total. The Kier molecular flexibility index (Phi) is 9.90. The summed E-state index contributed by atoms with van der Waals surface area (Å²) in [4.78, 5) is 10.8. The monoisotopic (exact) mass is 260 g/mol. The van der Waals surface area contributed by atoms with Gasteiger partial charge in [-0.05, 0) is 44.6 Å². The molecule has 0 aromatic heterocycles. The molecule has 0 rings (SSSR count). The van der Waals surface area contributed by atoms with Gasteiger partial charge < -0.3 is 4.79 Å². The summed E-state index contributed by atoms with van der Waals surface area (Å²) in [5, 5.41) is 0. The highest BCUT2D eigenvalue weighted by molar-refractivity contribution is 5.75. The van der Waals surface area contributed by atoms with Crippen molar-refractivity contribution in [1.82, 2.24) is 0 Å². The maximum Gasteiger partial charge on any atom is 0.130 e. The first-order valence-corrected chi connectivity index (χ1v) is 7.23. The van der Waals surface area contributed by atoms with Crippen LogP contribution in [0.1, 0.15) is 66.2 Å². The fourth-order valence-corrected chi connectivity index (χ4v) is 1.70. The number of ketones is 1. The van der Waals surface area contributed by atoms with E-state index in [2.05, 4.69) is 32.3 Å². The van der Waals surface area contributed by atoms with Crippen molar-refractivity contribution in [3.05, 3.63) is 23.8 Å². The zero-order chi connectivity index (χ0) is 14.7. The van der Waals surface area contributed by atoms with Crippen LogP contribution in [0, 0.1) is 17.8 Å². The van der Waals surface area contributed by atoms with Crippen molar-refractivity contribution in [2.24, 2.45) is 5.92 Å². The van der Waals surface area contributed by atoms with Crippen LogP contribution in [0.15, 0.2) is 23.8 Å². The van der Waals surface area contributed by atoms with Crippen LogP contribution in [0.2, 0.25) is 0 Å². The highest BCUT2D eigenvalue weighted by Gasteiger charge is 1.96. The van der Waals surface area contributed by atoms with E-state index >= 15 is 0 Å². The third-order valence-electron chi connectivity index (χ3n) is 2.88. The van der Waals surface area contributed by atoms with E-state index in [1.807, 2.05) is 13.0 Å². The second-order valence-electron chi connectivity index (χ2n) is 5.64. The summed E-state index contributed by atoms with van der Waals surface area (Å²) < 4.78 is 0. The van der Waals surface area contributed by atoms with E-state index < -0.39 is 0 Å². The van der Waals surface area contributed by atoms with Gasteiger partial charge in [-0.2, -0.15) is 0 Å². The van der Waals surface area contributed by atoms with Gasteiger partial charge in [0.2, 0.25) is 0 Å². The fourth-order valence-electron chi connectivity index (χ4n) is 1.70. The summed E-state index contributed by atoms with van der Waals surface area (Å²) in [5.74, 6) is 7.28. The number of hydrogen-bond acceptors (Lipinski definition) is 1. The van der Waals surface area contributed by atoms with E-state index in [1.165, 1.54) is 18.4 Å². The molecule has 0 heterocycles. The van der Waals surface area contributed by atoms with E-state index in [-0.39, 0.29) is 5.78 Å². The molecule has 0 aliphatic rings. The molecule has 1 heteroatoms. The van der Waals surface area contributed by atoms with Crippen LogP contribution in [0.3, 0.4) is 0 Å². The molecule has 0 N–H and O–H groups in total. The van der Waals surface area contributed by atoms with Crippen molar-refractivity contribution in [2.75, 3.05) is 0 Å². The van der Waals surface area contributed by atoms with Crippen LogP contribution in [-0.2, 0) is 4.79 Å². The maximum absolute atomic E-state index is 10.8. The summed E-state index contributed by atoms with van der Waals surface area (Å²) >= 11 is 0. The van der Waals surface area contributed by atoms with Gasteiger partial charge in [-0.25, -0.2) is 0 Å². The van der Waals surface area contributed by atoms with E-state index in [0.717, 1.165) is 30.8 Å². The lowest BCUT2D eigenvalue weighted by atomic mass is 10.0. The molecule has 0 fully saturated rings. The molecule has 0 amide bonds. The lowest BCUT2D eigenvalue weighted by Gasteiger charge is -2.04. The fraction of sp³-hybridized carbons (Fsp3) is 0.611. The smallest absolute Gasteiger partial charge is 0.130 e. The van der Waals surface area contributed by atoms with Gasteiger partial charge in [0.05, 0.1) is 0 Å². The second kappa shape index (κ2) is 10.6. The Bertz CT molecular complexity index is 374. The Labute approximate surface area is 119 Å². The van der Waals surface area contributed by atoms with Crippen LogP contribution in [0.4, 0.5) is 0 Å². The van der Waals surface area contributed by atoms with Crippen LogP contribution in [0.25, 0.3) is 0 Å². The number of carbonyl (C=O) groups excluding carboxylic acids is 1. The largest absolute Gasteiger partial charge is 0.300 e.